The van der Waals surface area contributed by atoms with Crippen molar-refractivity contribution < 1.29 is 28.5 Å². The number of hydrogen-bond acceptors (Lipinski definition) is 6. The largest absolute Gasteiger partial charge is 0.497 e. The highest BCUT2D eigenvalue weighted by Crippen LogP contribution is 2.34. The van der Waals surface area contributed by atoms with Crippen LogP contribution >= 0.6 is 0 Å². The molecule has 2 heterocycles. The molecule has 0 fully saturated rings. The number of nitrogens with one attached hydrogen (secondary N) is 2. The molecule has 0 saturated carbocycles. The van der Waals surface area contributed by atoms with Crippen LogP contribution < -0.4 is 24.8 Å². The fourth-order valence-corrected chi connectivity index (χ4v) is 3.68. The molecule has 2 aliphatic rings. The van der Waals surface area contributed by atoms with E-state index in [0.29, 0.717) is 41.4 Å². The summed E-state index contributed by atoms with van der Waals surface area (Å²) in [4.78, 5) is 25.3. The molecule has 0 saturated heterocycles. The maximum atomic E-state index is 12.9. The van der Waals surface area contributed by atoms with E-state index in [0.717, 1.165) is 11.1 Å². The minimum Gasteiger partial charge on any atom is -0.497 e. The standard InChI is InChI=1S/C23H24N2O6/c1-3-29-22(26)20-17(10-4-14-5-11-18-19(12-14)31-13-30-18)24-23(27)25-21(20)15-6-8-16(28-2)9-7-15/h5-9,11-12,21H,3-4,10,13H2,1-2H3,(H2,24,25,27). The van der Waals surface area contributed by atoms with E-state index < -0.39 is 12.0 Å². The third-order valence-electron chi connectivity index (χ3n) is 5.20. The zero-order chi connectivity index (χ0) is 21.8. The normalized spacial score (nSPS) is 17.1. The Hall–Kier alpha value is -3.68. The van der Waals surface area contributed by atoms with Gasteiger partial charge in [0.2, 0.25) is 6.79 Å². The van der Waals surface area contributed by atoms with E-state index in [2.05, 4.69) is 10.6 Å². The number of carbonyl (C=O) groups excluding carboxylic acids is 2. The average molecular weight is 424 g/mol. The Morgan fingerprint density at radius 2 is 1.87 bits per heavy atom. The lowest BCUT2D eigenvalue weighted by Crippen LogP contribution is -2.46. The molecular weight excluding hydrogens is 400 g/mol. The first-order chi connectivity index (χ1) is 15.1. The van der Waals surface area contributed by atoms with Gasteiger partial charge in [-0.2, -0.15) is 0 Å². The number of benzene rings is 2. The number of rotatable bonds is 7. The maximum absolute atomic E-state index is 12.9. The minimum absolute atomic E-state index is 0.211. The van der Waals surface area contributed by atoms with E-state index in [1.807, 2.05) is 30.3 Å². The summed E-state index contributed by atoms with van der Waals surface area (Å²) in [6.07, 6.45) is 1.05. The van der Waals surface area contributed by atoms with Crippen LogP contribution in [-0.4, -0.2) is 32.5 Å². The molecule has 2 aromatic carbocycles. The van der Waals surface area contributed by atoms with Gasteiger partial charge in [0.15, 0.2) is 11.5 Å². The minimum atomic E-state index is -0.620. The van der Waals surface area contributed by atoms with Crippen molar-refractivity contribution in [2.75, 3.05) is 20.5 Å². The zero-order valence-corrected chi connectivity index (χ0v) is 17.4. The van der Waals surface area contributed by atoms with Gasteiger partial charge < -0.3 is 29.6 Å². The zero-order valence-electron chi connectivity index (χ0n) is 17.4. The number of esters is 1. The van der Waals surface area contributed by atoms with Gasteiger partial charge in [-0.1, -0.05) is 18.2 Å². The molecule has 1 atom stereocenters. The van der Waals surface area contributed by atoms with Crippen molar-refractivity contribution in [2.24, 2.45) is 0 Å². The second-order valence-electron chi connectivity index (χ2n) is 7.10. The van der Waals surface area contributed by atoms with Crippen LogP contribution in [0.15, 0.2) is 53.7 Å². The van der Waals surface area contributed by atoms with E-state index in [1.54, 1.807) is 26.2 Å². The second-order valence-corrected chi connectivity index (χ2v) is 7.10. The first kappa shape index (κ1) is 20.6. The molecule has 162 valence electrons. The van der Waals surface area contributed by atoms with E-state index in [9.17, 15) is 9.59 Å². The van der Waals surface area contributed by atoms with Crippen LogP contribution in [0.4, 0.5) is 4.79 Å². The predicted molar refractivity (Wildman–Crippen MR) is 112 cm³/mol. The van der Waals surface area contributed by atoms with Crippen LogP contribution in [0, 0.1) is 0 Å². The van der Waals surface area contributed by atoms with Gasteiger partial charge in [0.05, 0.1) is 25.3 Å². The van der Waals surface area contributed by atoms with Gasteiger partial charge >= 0.3 is 12.0 Å². The SMILES string of the molecule is CCOC(=O)C1=C(CCc2ccc3c(c2)OCO3)NC(=O)NC1c1ccc(OC)cc1. The number of fused-ring (bicyclic) bond motifs is 1. The summed E-state index contributed by atoms with van der Waals surface area (Å²) in [5.74, 6) is 1.64. The summed E-state index contributed by atoms with van der Waals surface area (Å²) in [6, 6.07) is 12.0. The number of carbonyl (C=O) groups is 2. The van der Waals surface area contributed by atoms with E-state index in [-0.39, 0.29) is 19.4 Å². The Morgan fingerprint density at radius 1 is 1.10 bits per heavy atom. The molecule has 8 heteroatoms. The first-order valence-corrected chi connectivity index (χ1v) is 10.1. The van der Waals surface area contributed by atoms with Crippen LogP contribution in [0.3, 0.4) is 0 Å². The van der Waals surface area contributed by atoms with Crippen molar-refractivity contribution in [2.45, 2.75) is 25.8 Å². The molecule has 0 spiro atoms. The number of ether oxygens (including phenoxy) is 4. The Kier molecular flexibility index (Phi) is 5.97. The summed E-state index contributed by atoms with van der Waals surface area (Å²) in [7, 11) is 1.58. The lowest BCUT2D eigenvalue weighted by atomic mass is 9.93. The fourth-order valence-electron chi connectivity index (χ4n) is 3.68. The summed E-state index contributed by atoms with van der Waals surface area (Å²) >= 11 is 0. The van der Waals surface area contributed by atoms with Crippen molar-refractivity contribution in [1.82, 2.24) is 10.6 Å². The van der Waals surface area contributed by atoms with Crippen molar-refractivity contribution in [3.05, 3.63) is 64.9 Å². The summed E-state index contributed by atoms with van der Waals surface area (Å²) in [5, 5.41) is 5.63. The van der Waals surface area contributed by atoms with Gasteiger partial charge in [0.1, 0.15) is 5.75 Å². The average Bonchev–Trinajstić information content (AvgIpc) is 3.25. The highest BCUT2D eigenvalue weighted by Gasteiger charge is 2.33. The quantitative estimate of drug-likeness (QED) is 0.663. The highest BCUT2D eigenvalue weighted by molar-refractivity contribution is 5.95. The molecule has 2 aromatic rings. The number of methoxy groups -OCH3 is 1. The van der Waals surface area contributed by atoms with Gasteiger partial charge in [0.25, 0.3) is 0 Å². The smallest absolute Gasteiger partial charge is 0.338 e. The maximum Gasteiger partial charge on any atom is 0.338 e. The molecule has 1 unspecified atom stereocenters. The van der Waals surface area contributed by atoms with Gasteiger partial charge in [-0.15, -0.1) is 0 Å². The molecule has 0 radical (unpaired) electrons. The van der Waals surface area contributed by atoms with Crippen LogP contribution in [0.2, 0.25) is 0 Å². The Bertz CT molecular complexity index is 1020. The third-order valence-corrected chi connectivity index (χ3v) is 5.20. The van der Waals surface area contributed by atoms with E-state index >= 15 is 0 Å². The third kappa shape index (κ3) is 4.42. The summed E-state index contributed by atoms with van der Waals surface area (Å²) < 4.78 is 21.3. The monoisotopic (exact) mass is 424 g/mol. The summed E-state index contributed by atoms with van der Waals surface area (Å²) in [5.41, 5.74) is 2.71. The molecule has 0 bridgehead atoms. The van der Waals surface area contributed by atoms with Crippen LogP contribution in [0.5, 0.6) is 17.2 Å². The number of allylic oxidation sites excluding steroid dienone is 1. The molecule has 0 aromatic heterocycles. The van der Waals surface area contributed by atoms with Crippen molar-refractivity contribution >= 4 is 12.0 Å². The van der Waals surface area contributed by atoms with Crippen molar-refractivity contribution in [3.8, 4) is 17.2 Å². The number of urea groups is 1. The van der Waals surface area contributed by atoms with Gasteiger partial charge in [-0.25, -0.2) is 9.59 Å². The lowest BCUT2D eigenvalue weighted by molar-refractivity contribution is -0.139. The Labute approximate surface area is 180 Å². The number of hydrogen-bond donors (Lipinski definition) is 2. The summed E-state index contributed by atoms with van der Waals surface area (Å²) in [6.45, 7) is 2.20. The molecule has 2 aliphatic heterocycles. The van der Waals surface area contributed by atoms with Crippen LogP contribution in [0.1, 0.15) is 30.5 Å². The van der Waals surface area contributed by atoms with Crippen molar-refractivity contribution in [1.29, 1.82) is 0 Å². The highest BCUT2D eigenvalue weighted by atomic mass is 16.7. The Morgan fingerprint density at radius 3 is 2.61 bits per heavy atom. The number of aryl methyl sites for hydroxylation is 1. The van der Waals surface area contributed by atoms with Crippen LogP contribution in [-0.2, 0) is 16.0 Å². The predicted octanol–water partition coefficient (Wildman–Crippen LogP) is 3.23. The van der Waals surface area contributed by atoms with E-state index in [1.165, 1.54) is 0 Å². The molecule has 8 nitrogen and oxygen atoms in total. The number of amides is 2. The molecular formula is C23H24N2O6. The lowest BCUT2D eigenvalue weighted by Gasteiger charge is -2.29. The van der Waals surface area contributed by atoms with E-state index in [4.69, 9.17) is 18.9 Å². The second kappa shape index (κ2) is 8.99. The van der Waals surface area contributed by atoms with Crippen LogP contribution in [0.25, 0.3) is 0 Å². The molecule has 2 N–H and O–H groups in total. The van der Waals surface area contributed by atoms with Crippen molar-refractivity contribution in [3.63, 3.8) is 0 Å². The van der Waals surface area contributed by atoms with Gasteiger partial charge in [-0.05, 0) is 55.2 Å². The van der Waals surface area contributed by atoms with Gasteiger partial charge in [0, 0.05) is 5.70 Å². The first-order valence-electron chi connectivity index (χ1n) is 10.1. The van der Waals surface area contributed by atoms with Gasteiger partial charge in [-0.3, -0.25) is 0 Å². The Balaban J connectivity index is 1.64. The molecule has 0 aliphatic carbocycles. The fraction of sp³-hybridized carbons (Fsp3) is 0.304. The topological polar surface area (TPSA) is 95.1 Å². The molecule has 4 rings (SSSR count). The molecule has 31 heavy (non-hydrogen) atoms. The molecule has 2 amide bonds.